The third-order valence-electron chi connectivity index (χ3n) is 5.97. The lowest BCUT2D eigenvalue weighted by Gasteiger charge is -2.29. The fourth-order valence-electron chi connectivity index (χ4n) is 4.43. The van der Waals surface area contributed by atoms with E-state index in [9.17, 15) is 14.4 Å². The molecule has 1 unspecified atom stereocenters. The molecule has 6 nitrogen and oxygen atoms in total. The molecule has 3 amide bonds. The normalized spacial score (nSPS) is 29.0. The summed E-state index contributed by atoms with van der Waals surface area (Å²) in [5, 5.41) is 5.86. The largest absolute Gasteiger partial charge is 0.358 e. The molecule has 2 N–H and O–H groups in total. The number of carbonyl (C=O) groups is 3. The van der Waals surface area contributed by atoms with Crippen molar-refractivity contribution in [3.8, 4) is 0 Å². The minimum absolute atomic E-state index is 0.00850. The highest BCUT2D eigenvalue weighted by molar-refractivity contribution is 5.88. The van der Waals surface area contributed by atoms with Crippen LogP contribution >= 0.6 is 0 Å². The summed E-state index contributed by atoms with van der Waals surface area (Å²) in [7, 11) is 0. The first-order valence-electron chi connectivity index (χ1n) is 10.3. The summed E-state index contributed by atoms with van der Waals surface area (Å²) in [6, 6.07) is -0.307. The van der Waals surface area contributed by atoms with Gasteiger partial charge in [0.1, 0.15) is 6.04 Å². The smallest absolute Gasteiger partial charge is 0.243 e. The fourth-order valence-corrected chi connectivity index (χ4v) is 4.43. The molecule has 0 aromatic rings. The van der Waals surface area contributed by atoms with Gasteiger partial charge >= 0.3 is 0 Å². The first kappa shape index (κ1) is 20.7. The molecule has 2 aliphatic heterocycles. The second kappa shape index (κ2) is 10.5. The quantitative estimate of drug-likeness (QED) is 0.749. The molecule has 3 atom stereocenters. The second-order valence-electron chi connectivity index (χ2n) is 8.15. The van der Waals surface area contributed by atoms with Crippen molar-refractivity contribution in [2.75, 3.05) is 19.6 Å². The molecule has 2 rings (SSSR count). The maximum atomic E-state index is 12.8. The Morgan fingerprint density at radius 1 is 1.15 bits per heavy atom. The van der Waals surface area contributed by atoms with E-state index in [-0.39, 0.29) is 23.8 Å². The maximum absolute atomic E-state index is 12.8. The SMILES string of the molecule is CC(C)[C@H]1CCN2C(=O)CCCCC[C@@H](CNC=O)CCCNC(=O)C12. The Labute approximate surface area is 157 Å². The Balaban J connectivity index is 2.02. The van der Waals surface area contributed by atoms with E-state index >= 15 is 0 Å². The zero-order valence-corrected chi connectivity index (χ0v) is 16.3. The van der Waals surface area contributed by atoms with Crippen LogP contribution in [-0.4, -0.2) is 48.8 Å². The highest BCUT2D eigenvalue weighted by Gasteiger charge is 2.42. The number of fused-ring (bicyclic) bond motifs is 1. The van der Waals surface area contributed by atoms with Crippen molar-refractivity contribution < 1.29 is 14.4 Å². The van der Waals surface area contributed by atoms with Crippen molar-refractivity contribution in [1.82, 2.24) is 15.5 Å². The van der Waals surface area contributed by atoms with Gasteiger partial charge in [-0.3, -0.25) is 14.4 Å². The van der Waals surface area contributed by atoms with Crippen LogP contribution in [0.5, 0.6) is 0 Å². The van der Waals surface area contributed by atoms with E-state index in [1.807, 2.05) is 4.90 Å². The van der Waals surface area contributed by atoms with Gasteiger partial charge in [-0.25, -0.2) is 0 Å². The van der Waals surface area contributed by atoms with Gasteiger partial charge in [0.2, 0.25) is 18.2 Å². The van der Waals surface area contributed by atoms with Crippen molar-refractivity contribution in [2.24, 2.45) is 17.8 Å². The van der Waals surface area contributed by atoms with Crippen LogP contribution in [0.25, 0.3) is 0 Å². The molecular formula is C20H35N3O3. The summed E-state index contributed by atoms with van der Waals surface area (Å²) in [6.07, 6.45) is 8.17. The number of carbonyl (C=O) groups excluding carboxylic acids is 3. The van der Waals surface area contributed by atoms with Crippen LogP contribution in [-0.2, 0) is 14.4 Å². The molecule has 2 heterocycles. The van der Waals surface area contributed by atoms with Crippen LogP contribution in [0.15, 0.2) is 0 Å². The van der Waals surface area contributed by atoms with E-state index in [4.69, 9.17) is 0 Å². The lowest BCUT2D eigenvalue weighted by atomic mass is 9.88. The molecule has 0 aromatic carbocycles. The van der Waals surface area contributed by atoms with Gasteiger partial charge in [-0.2, -0.15) is 0 Å². The van der Waals surface area contributed by atoms with Gasteiger partial charge in [0.05, 0.1) is 0 Å². The van der Waals surface area contributed by atoms with Gasteiger partial charge in [-0.1, -0.05) is 26.7 Å². The van der Waals surface area contributed by atoms with E-state index in [1.54, 1.807) is 0 Å². The molecule has 148 valence electrons. The Hall–Kier alpha value is -1.59. The maximum Gasteiger partial charge on any atom is 0.243 e. The zero-order valence-electron chi connectivity index (χ0n) is 16.3. The molecule has 6 heteroatoms. The Morgan fingerprint density at radius 2 is 1.92 bits per heavy atom. The van der Waals surface area contributed by atoms with Crippen LogP contribution in [0.2, 0.25) is 0 Å². The first-order chi connectivity index (χ1) is 12.5. The standard InChI is InChI=1S/C20H35N3O3/c1-15(2)17-10-12-23-18(25)9-5-3-4-7-16(13-21-14-24)8-6-11-22-20(26)19(17)23/h14-17,19H,3-13H2,1-2H3,(H,21,24)(H,22,26)/t16-,17-,19?/m1/s1. The highest BCUT2D eigenvalue weighted by Crippen LogP contribution is 2.31. The van der Waals surface area contributed by atoms with Crippen molar-refractivity contribution in [2.45, 2.75) is 71.3 Å². The van der Waals surface area contributed by atoms with Gasteiger partial charge in [0.15, 0.2) is 0 Å². The molecule has 0 aromatic heterocycles. The summed E-state index contributed by atoms with van der Waals surface area (Å²) in [4.78, 5) is 37.9. The minimum Gasteiger partial charge on any atom is -0.358 e. The van der Waals surface area contributed by atoms with Crippen LogP contribution in [0.3, 0.4) is 0 Å². The number of nitrogens with zero attached hydrogens (tertiary/aromatic N) is 1. The molecule has 2 aliphatic rings. The predicted octanol–water partition coefficient (Wildman–Crippen LogP) is 2.08. The van der Waals surface area contributed by atoms with Crippen LogP contribution in [0.4, 0.5) is 0 Å². The Bertz CT molecular complexity index is 481. The summed E-state index contributed by atoms with van der Waals surface area (Å²) in [5.74, 6) is 1.22. The number of nitrogens with one attached hydrogen (secondary N) is 2. The molecule has 0 spiro atoms. The molecule has 0 radical (unpaired) electrons. The van der Waals surface area contributed by atoms with Gasteiger partial charge < -0.3 is 15.5 Å². The fraction of sp³-hybridized carbons (Fsp3) is 0.850. The van der Waals surface area contributed by atoms with Gasteiger partial charge in [-0.05, 0) is 49.9 Å². The first-order valence-corrected chi connectivity index (χ1v) is 10.3. The van der Waals surface area contributed by atoms with Crippen LogP contribution in [0, 0.1) is 17.8 Å². The average Bonchev–Trinajstić information content (AvgIpc) is 3.06. The molecular weight excluding hydrogens is 330 g/mol. The molecule has 26 heavy (non-hydrogen) atoms. The predicted molar refractivity (Wildman–Crippen MR) is 101 cm³/mol. The Kier molecular flexibility index (Phi) is 8.39. The van der Waals surface area contributed by atoms with E-state index in [0.717, 1.165) is 51.4 Å². The molecule has 2 fully saturated rings. The lowest BCUT2D eigenvalue weighted by Crippen LogP contribution is -2.49. The molecule has 0 saturated carbocycles. The molecule has 2 saturated heterocycles. The van der Waals surface area contributed by atoms with Crippen molar-refractivity contribution in [1.29, 1.82) is 0 Å². The second-order valence-corrected chi connectivity index (χ2v) is 8.15. The summed E-state index contributed by atoms with van der Waals surface area (Å²) >= 11 is 0. The number of rotatable bonds is 4. The van der Waals surface area contributed by atoms with E-state index in [1.165, 1.54) is 0 Å². The van der Waals surface area contributed by atoms with Crippen LogP contribution in [0.1, 0.15) is 65.2 Å². The lowest BCUT2D eigenvalue weighted by molar-refractivity contribution is -0.139. The van der Waals surface area contributed by atoms with Crippen molar-refractivity contribution >= 4 is 18.2 Å². The highest BCUT2D eigenvalue weighted by atomic mass is 16.2. The van der Waals surface area contributed by atoms with Gasteiger partial charge in [-0.15, -0.1) is 0 Å². The topological polar surface area (TPSA) is 78.5 Å². The monoisotopic (exact) mass is 365 g/mol. The zero-order chi connectivity index (χ0) is 18.9. The van der Waals surface area contributed by atoms with E-state index < -0.39 is 0 Å². The molecule has 0 bridgehead atoms. The van der Waals surface area contributed by atoms with Gasteiger partial charge in [0.25, 0.3) is 0 Å². The van der Waals surface area contributed by atoms with Crippen molar-refractivity contribution in [3.05, 3.63) is 0 Å². The number of hydrogen-bond donors (Lipinski definition) is 2. The van der Waals surface area contributed by atoms with E-state index in [2.05, 4.69) is 24.5 Å². The summed E-state index contributed by atoms with van der Waals surface area (Å²) < 4.78 is 0. The Morgan fingerprint density at radius 3 is 2.65 bits per heavy atom. The third-order valence-corrected chi connectivity index (χ3v) is 5.97. The summed E-state index contributed by atoms with van der Waals surface area (Å²) in [6.45, 7) is 6.32. The summed E-state index contributed by atoms with van der Waals surface area (Å²) in [5.41, 5.74) is 0. The van der Waals surface area contributed by atoms with Gasteiger partial charge in [0, 0.05) is 26.1 Å². The average molecular weight is 366 g/mol. The van der Waals surface area contributed by atoms with Crippen LogP contribution < -0.4 is 10.6 Å². The minimum atomic E-state index is -0.307. The van der Waals surface area contributed by atoms with Crippen molar-refractivity contribution in [3.63, 3.8) is 0 Å². The number of hydrogen-bond acceptors (Lipinski definition) is 3. The third kappa shape index (κ3) is 5.71. The number of amides is 3. The molecule has 0 aliphatic carbocycles. The van der Waals surface area contributed by atoms with E-state index in [0.29, 0.717) is 37.9 Å².